The molecular weight excluding hydrogens is 274 g/mol. The van der Waals surface area contributed by atoms with Crippen molar-refractivity contribution in [2.45, 2.75) is 33.2 Å². The van der Waals surface area contributed by atoms with E-state index in [-0.39, 0.29) is 11.5 Å². The third-order valence-corrected chi connectivity index (χ3v) is 4.75. The van der Waals surface area contributed by atoms with Crippen LogP contribution in [0.2, 0.25) is 0 Å². The molecule has 1 aromatic rings. The maximum absolute atomic E-state index is 11.3. The maximum Gasteiger partial charge on any atom is 0.151 e. The smallest absolute Gasteiger partial charge is 0.151 e. The lowest BCUT2D eigenvalue weighted by Crippen LogP contribution is -2.23. The molecule has 0 aliphatic carbocycles. The van der Waals surface area contributed by atoms with Crippen LogP contribution in [0, 0.1) is 0 Å². The Labute approximate surface area is 122 Å². The zero-order chi connectivity index (χ0) is 14.8. The van der Waals surface area contributed by atoms with Crippen LogP contribution in [0.15, 0.2) is 24.3 Å². The van der Waals surface area contributed by atoms with Gasteiger partial charge in [0.25, 0.3) is 0 Å². The third kappa shape index (κ3) is 6.91. The first kappa shape index (κ1) is 17.0. The van der Waals surface area contributed by atoms with E-state index in [2.05, 4.69) is 12.2 Å². The molecule has 0 spiro atoms. The molecule has 20 heavy (non-hydrogen) atoms. The molecule has 1 N–H and O–H groups in total. The highest BCUT2D eigenvalue weighted by Gasteiger charge is 2.05. The van der Waals surface area contributed by atoms with Gasteiger partial charge in [-0.25, -0.2) is 8.42 Å². The van der Waals surface area contributed by atoms with Crippen molar-refractivity contribution in [3.05, 3.63) is 29.8 Å². The van der Waals surface area contributed by atoms with Crippen molar-refractivity contribution in [3.63, 3.8) is 0 Å². The highest BCUT2D eigenvalue weighted by atomic mass is 32.2. The number of sulfone groups is 1. The normalized spacial score (nSPS) is 11.5. The van der Waals surface area contributed by atoms with Gasteiger partial charge in [-0.1, -0.05) is 32.4 Å². The molecule has 0 aliphatic rings. The van der Waals surface area contributed by atoms with E-state index in [1.54, 1.807) is 6.92 Å². The second kappa shape index (κ2) is 8.97. The quantitative estimate of drug-likeness (QED) is 0.674. The van der Waals surface area contributed by atoms with Gasteiger partial charge in [-0.2, -0.15) is 0 Å². The van der Waals surface area contributed by atoms with Gasteiger partial charge in [-0.3, -0.25) is 0 Å². The molecule has 1 aromatic carbocycles. The van der Waals surface area contributed by atoms with Gasteiger partial charge in [0.05, 0.1) is 12.4 Å². The Kier molecular flexibility index (Phi) is 7.62. The fourth-order valence-electron chi connectivity index (χ4n) is 1.64. The molecule has 114 valence electrons. The average Bonchev–Trinajstić information content (AvgIpc) is 2.45. The number of nitrogens with one attached hydrogen (secondary N) is 1. The van der Waals surface area contributed by atoms with Crippen molar-refractivity contribution in [2.24, 2.45) is 0 Å². The summed E-state index contributed by atoms with van der Waals surface area (Å²) >= 11 is 0. The molecule has 0 atom stereocenters. The van der Waals surface area contributed by atoms with Gasteiger partial charge in [0.1, 0.15) is 5.75 Å². The van der Waals surface area contributed by atoms with E-state index in [9.17, 15) is 8.42 Å². The minimum absolute atomic E-state index is 0.196. The molecule has 0 radical (unpaired) electrons. The minimum Gasteiger partial charge on any atom is -0.494 e. The van der Waals surface area contributed by atoms with E-state index in [1.165, 1.54) is 0 Å². The summed E-state index contributed by atoms with van der Waals surface area (Å²) in [5, 5.41) is 3.14. The summed E-state index contributed by atoms with van der Waals surface area (Å²) in [5.41, 5.74) is 1.13. The van der Waals surface area contributed by atoms with Crippen LogP contribution in [-0.2, 0) is 16.4 Å². The predicted octanol–water partition coefficient (Wildman–Crippen LogP) is 2.39. The highest BCUT2D eigenvalue weighted by molar-refractivity contribution is 7.91. The minimum atomic E-state index is -2.88. The first-order valence-corrected chi connectivity index (χ1v) is 9.02. The largest absolute Gasteiger partial charge is 0.494 e. The van der Waals surface area contributed by atoms with Crippen LogP contribution in [-0.4, -0.2) is 33.1 Å². The van der Waals surface area contributed by atoms with Crippen LogP contribution < -0.4 is 10.1 Å². The molecule has 0 saturated carbocycles. The summed E-state index contributed by atoms with van der Waals surface area (Å²) in [6.45, 7) is 5.73. The lowest BCUT2D eigenvalue weighted by atomic mass is 10.2. The number of ether oxygens (including phenoxy) is 1. The molecule has 0 heterocycles. The van der Waals surface area contributed by atoms with E-state index in [0.717, 1.165) is 30.8 Å². The standard InChI is InChI=1S/C15H25NO3S/c1-3-5-11-19-15-8-6-14(7-9-15)13-16-10-12-20(17,18)4-2/h6-9,16H,3-5,10-13H2,1-2H3. The van der Waals surface area contributed by atoms with Crippen molar-refractivity contribution in [2.75, 3.05) is 24.7 Å². The first-order chi connectivity index (χ1) is 9.57. The van der Waals surface area contributed by atoms with Crippen molar-refractivity contribution in [1.82, 2.24) is 5.32 Å². The first-order valence-electron chi connectivity index (χ1n) is 7.20. The van der Waals surface area contributed by atoms with Gasteiger partial charge in [0.2, 0.25) is 0 Å². The SMILES string of the molecule is CCCCOc1ccc(CNCCS(=O)(=O)CC)cc1. The molecule has 5 heteroatoms. The number of rotatable bonds is 10. The van der Waals surface area contributed by atoms with Crippen LogP contribution in [0.3, 0.4) is 0 Å². The monoisotopic (exact) mass is 299 g/mol. The molecule has 1 rings (SSSR count). The van der Waals surface area contributed by atoms with Gasteiger partial charge in [0.15, 0.2) is 9.84 Å². The van der Waals surface area contributed by atoms with Gasteiger partial charge in [-0.15, -0.1) is 0 Å². The van der Waals surface area contributed by atoms with Crippen LogP contribution in [0.5, 0.6) is 5.75 Å². The van der Waals surface area contributed by atoms with Crippen LogP contribution in [0.4, 0.5) is 0 Å². The Hall–Kier alpha value is -1.07. The average molecular weight is 299 g/mol. The Morgan fingerprint density at radius 3 is 2.45 bits per heavy atom. The predicted molar refractivity (Wildman–Crippen MR) is 82.9 cm³/mol. The Balaban J connectivity index is 2.28. The zero-order valence-electron chi connectivity index (χ0n) is 12.4. The second-order valence-corrected chi connectivity index (χ2v) is 7.23. The van der Waals surface area contributed by atoms with Crippen molar-refractivity contribution >= 4 is 9.84 Å². The summed E-state index contributed by atoms with van der Waals surface area (Å²) in [5.74, 6) is 1.29. The summed E-state index contributed by atoms with van der Waals surface area (Å²) in [4.78, 5) is 0. The number of hydrogen-bond donors (Lipinski definition) is 1. The lowest BCUT2D eigenvalue weighted by molar-refractivity contribution is 0.309. The van der Waals surface area contributed by atoms with Crippen LogP contribution in [0.1, 0.15) is 32.3 Å². The molecule has 0 fully saturated rings. The van der Waals surface area contributed by atoms with Crippen molar-refractivity contribution in [1.29, 1.82) is 0 Å². The van der Waals surface area contributed by atoms with Crippen molar-refractivity contribution < 1.29 is 13.2 Å². The van der Waals surface area contributed by atoms with E-state index in [0.29, 0.717) is 13.1 Å². The Bertz CT molecular complexity index is 468. The Morgan fingerprint density at radius 1 is 1.15 bits per heavy atom. The third-order valence-electron chi connectivity index (χ3n) is 3.05. The molecule has 0 amide bonds. The summed E-state index contributed by atoms with van der Waals surface area (Å²) in [6.07, 6.45) is 2.19. The summed E-state index contributed by atoms with van der Waals surface area (Å²) < 4.78 is 28.2. The highest BCUT2D eigenvalue weighted by Crippen LogP contribution is 2.12. The molecule has 0 aliphatic heterocycles. The van der Waals surface area contributed by atoms with Crippen LogP contribution >= 0.6 is 0 Å². The van der Waals surface area contributed by atoms with E-state index >= 15 is 0 Å². The van der Waals surface area contributed by atoms with Gasteiger partial charge in [0, 0.05) is 18.8 Å². The van der Waals surface area contributed by atoms with Gasteiger partial charge in [-0.05, 0) is 24.1 Å². The molecule has 4 nitrogen and oxygen atoms in total. The van der Waals surface area contributed by atoms with Gasteiger partial charge >= 0.3 is 0 Å². The fraction of sp³-hybridized carbons (Fsp3) is 0.600. The molecule has 0 unspecified atom stereocenters. The lowest BCUT2D eigenvalue weighted by Gasteiger charge is -2.08. The Morgan fingerprint density at radius 2 is 1.85 bits per heavy atom. The topological polar surface area (TPSA) is 55.4 Å². The zero-order valence-corrected chi connectivity index (χ0v) is 13.2. The van der Waals surface area contributed by atoms with Gasteiger partial charge < -0.3 is 10.1 Å². The van der Waals surface area contributed by atoms with E-state index in [4.69, 9.17) is 4.74 Å². The second-order valence-electron chi connectivity index (χ2n) is 4.76. The number of benzene rings is 1. The molecule has 0 saturated heterocycles. The van der Waals surface area contributed by atoms with Crippen molar-refractivity contribution in [3.8, 4) is 5.75 Å². The number of hydrogen-bond acceptors (Lipinski definition) is 4. The number of unbranched alkanes of at least 4 members (excludes halogenated alkanes) is 1. The molecule has 0 aromatic heterocycles. The molecule has 0 bridgehead atoms. The van der Waals surface area contributed by atoms with E-state index in [1.807, 2.05) is 24.3 Å². The van der Waals surface area contributed by atoms with E-state index < -0.39 is 9.84 Å². The summed E-state index contributed by atoms with van der Waals surface area (Å²) in [7, 11) is -2.88. The fourth-order valence-corrected chi connectivity index (χ4v) is 2.39. The summed E-state index contributed by atoms with van der Waals surface area (Å²) in [6, 6.07) is 7.91. The van der Waals surface area contributed by atoms with Crippen LogP contribution in [0.25, 0.3) is 0 Å². The molecular formula is C15H25NO3S. The maximum atomic E-state index is 11.3.